The number of hydrogen-bond donors (Lipinski definition) is 2. The van der Waals surface area contributed by atoms with Crippen LogP contribution in [-0.4, -0.2) is 130 Å². The number of alkyl halides is 2. The molecular weight excluding hydrogens is 867 g/mol. The van der Waals surface area contributed by atoms with Crippen LogP contribution in [-0.2, 0) is 51.9 Å². The van der Waals surface area contributed by atoms with Gasteiger partial charge >= 0.3 is 6.80 Å². The van der Waals surface area contributed by atoms with Gasteiger partial charge in [0.2, 0.25) is 0 Å². The summed E-state index contributed by atoms with van der Waals surface area (Å²) in [4.78, 5) is 24.6. The van der Waals surface area contributed by atoms with Gasteiger partial charge in [-0.15, -0.1) is 0 Å². The molecule has 10 atom stereocenters. The molecule has 8 rings (SSSR count). The van der Waals surface area contributed by atoms with Crippen LogP contribution in [0.4, 0.5) is 20.4 Å². The van der Waals surface area contributed by atoms with Gasteiger partial charge < -0.3 is 44.2 Å². The second-order valence-electron chi connectivity index (χ2n) is 14.1. The van der Waals surface area contributed by atoms with Crippen molar-refractivity contribution < 1.29 is 59.7 Å². The lowest BCUT2D eigenvalue weighted by Crippen LogP contribution is -2.37. The van der Waals surface area contributed by atoms with Gasteiger partial charge in [-0.05, 0) is 35.5 Å². The molecule has 0 unspecified atom stereocenters. The summed E-state index contributed by atoms with van der Waals surface area (Å²) >= 11 is 0.761. The van der Waals surface area contributed by atoms with E-state index >= 15 is 8.78 Å². The van der Waals surface area contributed by atoms with E-state index in [0.717, 1.165) is 25.4 Å². The number of imidazole rings is 2. The minimum Gasteiger partial charge on any atom is -0.491 e. The number of benzene rings is 1. The zero-order valence-corrected chi connectivity index (χ0v) is 35.5. The van der Waals surface area contributed by atoms with Gasteiger partial charge in [-0.3, -0.25) is 22.7 Å². The van der Waals surface area contributed by atoms with Crippen molar-refractivity contribution in [3.05, 3.63) is 55.1 Å². The summed E-state index contributed by atoms with van der Waals surface area (Å²) in [6.45, 7) is -1.28. The Balaban J connectivity index is 1.03. The average molecular weight is 911 g/mol. The van der Waals surface area contributed by atoms with Crippen LogP contribution in [0.2, 0.25) is 0 Å². The number of nitrogen functional groups attached to an aromatic ring is 2. The quantitative estimate of drug-likeness (QED) is 0.0914. The highest BCUT2D eigenvalue weighted by Crippen LogP contribution is 2.65. The van der Waals surface area contributed by atoms with Crippen LogP contribution in [0.15, 0.2) is 49.6 Å². The molecule has 0 saturated carbocycles. The minimum absolute atomic E-state index is 0.0544. The molecule has 7 heterocycles. The summed E-state index contributed by atoms with van der Waals surface area (Å²) in [6.07, 6.45) is -7.01. The van der Waals surface area contributed by atoms with E-state index < -0.39 is 76.7 Å². The van der Waals surface area contributed by atoms with Gasteiger partial charge in [0, 0.05) is 12.4 Å². The molecule has 3 fully saturated rings. The van der Waals surface area contributed by atoms with E-state index in [1.165, 1.54) is 34.4 Å². The molecule has 0 spiro atoms. The molecular formula is C34H43BF2N10O11P2S. The molecule has 0 amide bonds. The van der Waals surface area contributed by atoms with Crippen LogP contribution in [0.3, 0.4) is 0 Å². The molecule has 0 radical (unpaired) electrons. The number of anilines is 2. The molecule has 3 aliphatic heterocycles. The highest BCUT2D eigenvalue weighted by Gasteiger charge is 2.54. The molecule has 5 aromatic rings. The summed E-state index contributed by atoms with van der Waals surface area (Å²) in [5, 5.41) is 0. The van der Waals surface area contributed by atoms with E-state index in [1.807, 2.05) is 6.92 Å². The lowest BCUT2D eigenvalue weighted by Gasteiger charge is -2.30. The van der Waals surface area contributed by atoms with E-state index in [4.69, 9.17) is 53.2 Å². The van der Waals surface area contributed by atoms with Crippen LogP contribution >= 0.6 is 25.7 Å². The molecule has 21 nitrogen and oxygen atoms in total. The molecule has 3 saturated heterocycles. The normalized spacial score (nSPS) is 30.8. The summed E-state index contributed by atoms with van der Waals surface area (Å²) in [5.74, 6) is 0.746. The van der Waals surface area contributed by atoms with Crippen LogP contribution < -0.4 is 16.2 Å². The molecule has 27 heteroatoms. The monoisotopic (exact) mass is 910 g/mol. The number of nitrogens with two attached hydrogens (primary N) is 2. The lowest BCUT2D eigenvalue weighted by molar-refractivity contribution is -0.0546. The maximum Gasteiger partial charge on any atom is 0.389 e. The van der Waals surface area contributed by atoms with Crippen molar-refractivity contribution in [3.63, 3.8) is 0 Å². The van der Waals surface area contributed by atoms with Crippen LogP contribution in [0.1, 0.15) is 31.4 Å². The first kappa shape index (κ1) is 43.8. The molecule has 61 heavy (non-hydrogen) atoms. The van der Waals surface area contributed by atoms with Gasteiger partial charge in [0.1, 0.15) is 60.5 Å². The third-order valence-electron chi connectivity index (χ3n) is 9.82. The van der Waals surface area contributed by atoms with Crippen LogP contribution in [0, 0.1) is 0 Å². The first-order chi connectivity index (χ1) is 29.4. The first-order valence-electron chi connectivity index (χ1n) is 19.2. The Kier molecular flexibility index (Phi) is 13.5. The summed E-state index contributed by atoms with van der Waals surface area (Å²) < 4.78 is 117. The highest BCUT2D eigenvalue weighted by atomic mass is 32.7. The van der Waals surface area contributed by atoms with E-state index in [1.54, 1.807) is 24.3 Å². The smallest absolute Gasteiger partial charge is 0.389 e. The van der Waals surface area contributed by atoms with Crippen molar-refractivity contribution in [2.45, 2.75) is 68.3 Å². The number of ether oxygens (including phenoxy) is 5. The summed E-state index contributed by atoms with van der Waals surface area (Å²) in [6, 6.07) is 7.00. The number of nitrogens with zero attached hydrogens (tertiary/aromatic N) is 8. The van der Waals surface area contributed by atoms with Gasteiger partial charge in [-0.25, -0.2) is 43.2 Å². The number of aromatic nitrogens is 8. The fraction of sp³-hybridized carbons (Fsp3) is 0.529. The van der Waals surface area contributed by atoms with Crippen molar-refractivity contribution in [3.8, 4) is 5.75 Å². The van der Waals surface area contributed by atoms with Gasteiger partial charge in [0.15, 0.2) is 47.7 Å². The van der Waals surface area contributed by atoms with Gasteiger partial charge in [0.25, 0.3) is 15.0 Å². The SMILES string of the molecule is B[P@@]1(=O)OC[C@H]2O[C@@H](n3cnc4c(N)ncnc43)[C@H](F)[C@@H]2O[P@](=O)(SCc2ccc(OCCOCCOCCC)cc2)OC[C@H]2O[C@@H](n3cnc4c(N)ncnc43)[C@H](F)[C@@H]2O1. The summed E-state index contributed by atoms with van der Waals surface area (Å²) in [7, 11) is -3.03. The Morgan fingerprint density at radius 2 is 1.31 bits per heavy atom. The van der Waals surface area contributed by atoms with E-state index in [2.05, 4.69) is 29.9 Å². The largest absolute Gasteiger partial charge is 0.491 e. The van der Waals surface area contributed by atoms with E-state index in [-0.39, 0.29) is 39.7 Å². The topological polar surface area (TPSA) is 256 Å². The zero-order chi connectivity index (χ0) is 42.7. The van der Waals surface area contributed by atoms with Gasteiger partial charge in [-0.2, -0.15) is 0 Å². The Morgan fingerprint density at radius 3 is 1.90 bits per heavy atom. The third kappa shape index (κ3) is 9.71. The third-order valence-corrected chi connectivity index (χ3v) is 14.7. The number of hydrogen-bond acceptors (Lipinski definition) is 20. The fourth-order valence-electron chi connectivity index (χ4n) is 6.86. The maximum atomic E-state index is 16.8. The molecule has 1 aromatic carbocycles. The van der Waals surface area contributed by atoms with Crippen molar-refractivity contribution >= 4 is 67.2 Å². The minimum atomic E-state index is -4.44. The van der Waals surface area contributed by atoms with E-state index in [0.29, 0.717) is 44.3 Å². The second-order valence-corrected chi connectivity index (χ2v) is 20.2. The van der Waals surface area contributed by atoms with Crippen molar-refractivity contribution in [2.24, 2.45) is 0 Å². The van der Waals surface area contributed by atoms with Crippen LogP contribution in [0.5, 0.6) is 5.75 Å². The summed E-state index contributed by atoms with van der Waals surface area (Å²) in [5.41, 5.74) is 13.3. The predicted molar refractivity (Wildman–Crippen MR) is 218 cm³/mol. The Bertz CT molecular complexity index is 2390. The van der Waals surface area contributed by atoms with Gasteiger partial charge in [-0.1, -0.05) is 19.1 Å². The van der Waals surface area contributed by atoms with Crippen molar-refractivity contribution in [1.29, 1.82) is 0 Å². The first-order valence-corrected chi connectivity index (χ1v) is 24.4. The molecule has 328 valence electrons. The Morgan fingerprint density at radius 1 is 0.770 bits per heavy atom. The highest BCUT2D eigenvalue weighted by molar-refractivity contribution is 8.54. The Hall–Kier alpha value is -3.87. The van der Waals surface area contributed by atoms with E-state index in [9.17, 15) is 9.13 Å². The van der Waals surface area contributed by atoms with Crippen molar-refractivity contribution in [2.75, 3.05) is 57.7 Å². The van der Waals surface area contributed by atoms with Crippen molar-refractivity contribution in [1.82, 2.24) is 39.0 Å². The Labute approximate surface area is 352 Å². The molecule has 4 aromatic heterocycles. The fourth-order valence-corrected chi connectivity index (χ4v) is 11.4. The molecule has 0 aliphatic carbocycles. The average Bonchev–Trinajstić information content (AvgIpc) is 4.02. The number of halogens is 2. The number of fused-ring (bicyclic) bond motifs is 4. The number of rotatable bonds is 14. The second kappa shape index (κ2) is 18.9. The van der Waals surface area contributed by atoms with Crippen LogP contribution in [0.25, 0.3) is 22.3 Å². The molecule has 0 bridgehead atoms. The predicted octanol–water partition coefficient (Wildman–Crippen LogP) is 3.72. The van der Waals surface area contributed by atoms with Gasteiger partial charge in [0.05, 0.1) is 45.7 Å². The zero-order valence-electron chi connectivity index (χ0n) is 32.9. The lowest BCUT2D eigenvalue weighted by atomic mass is 10.1. The maximum absolute atomic E-state index is 16.8. The molecule has 3 aliphatic rings. The molecule has 4 N–H and O–H groups in total. The standard InChI is InChI=1S/C34H43BF2N10O11P2S/c1-2-7-50-8-9-51-10-11-52-20-5-3-19(4-6-20)14-61-60(49)54-13-22-27(23(36)33(56-22)46-17-44-25-29(38)40-15-42-31(25)46)57-59(35,48)53-12-21-28(58-60)24(37)34(55-21)47-18-45-26-30(39)41-16-43-32(26)47/h3-6,15-18,21-24,27-28,33-34H,2,7-14,35H2,1H3,(H2,38,40,42)(H2,39,41,43)/t21-,22-,23-,24-,27-,28-,33-,34-,59-,60-/m1/s1.